The Bertz CT molecular complexity index is 571. The number of sulfonamides is 1. The minimum absolute atomic E-state index is 0.0498. The molecule has 0 saturated heterocycles. The van der Waals surface area contributed by atoms with Crippen molar-refractivity contribution in [3.63, 3.8) is 0 Å². The third kappa shape index (κ3) is 4.03. The van der Waals surface area contributed by atoms with Crippen LogP contribution in [0.2, 0.25) is 0 Å². The Morgan fingerprint density at radius 1 is 1.33 bits per heavy atom. The van der Waals surface area contributed by atoms with Gasteiger partial charge in [0.15, 0.2) is 0 Å². The molecule has 5 nitrogen and oxygen atoms in total. The molecule has 1 heterocycles. The van der Waals surface area contributed by atoms with Gasteiger partial charge in [0.25, 0.3) is 0 Å². The molecule has 7 heteroatoms. The van der Waals surface area contributed by atoms with Crippen molar-refractivity contribution < 1.29 is 8.42 Å². The minimum Gasteiger partial charge on any atom is -0.328 e. The third-order valence-corrected chi connectivity index (χ3v) is 6.23. The highest BCUT2D eigenvalue weighted by molar-refractivity contribution is 9.10. The normalized spacial score (nSPS) is 23.4. The first-order valence-corrected chi connectivity index (χ1v) is 9.56. The Balaban J connectivity index is 2.28. The largest absolute Gasteiger partial charge is 0.328 e. The molecule has 0 aromatic carbocycles. The molecule has 1 aliphatic rings. The molecule has 0 unspecified atom stereocenters. The van der Waals surface area contributed by atoms with Gasteiger partial charge in [-0.05, 0) is 54.1 Å². The van der Waals surface area contributed by atoms with Crippen LogP contribution in [0.15, 0.2) is 27.8 Å². The lowest BCUT2D eigenvalue weighted by molar-refractivity contribution is 0.240. The Labute approximate surface area is 135 Å². The maximum Gasteiger partial charge on any atom is 0.244 e. The van der Waals surface area contributed by atoms with Gasteiger partial charge >= 0.3 is 0 Å². The van der Waals surface area contributed by atoms with E-state index in [2.05, 4.69) is 20.9 Å². The molecule has 0 aliphatic heterocycles. The van der Waals surface area contributed by atoms with Gasteiger partial charge in [-0.2, -0.15) is 4.31 Å². The van der Waals surface area contributed by atoms with Crippen LogP contribution in [0.5, 0.6) is 0 Å². The number of halogens is 1. The standard InChI is InChI=1S/C14H22BrN3O2S/c1-2-7-18(13-5-3-12(16)4-6-13)21(19,20)14-8-11(15)9-17-10-14/h8-10,12-13H,2-7,16H2,1H3. The molecule has 1 aliphatic carbocycles. The second-order valence-electron chi connectivity index (χ2n) is 5.52. The average molecular weight is 376 g/mol. The van der Waals surface area contributed by atoms with E-state index in [9.17, 15) is 8.42 Å². The molecule has 0 amide bonds. The van der Waals surface area contributed by atoms with Crippen molar-refractivity contribution in [2.24, 2.45) is 5.73 Å². The molecule has 21 heavy (non-hydrogen) atoms. The molecule has 1 saturated carbocycles. The van der Waals surface area contributed by atoms with E-state index < -0.39 is 10.0 Å². The number of nitrogens with two attached hydrogens (primary N) is 1. The summed E-state index contributed by atoms with van der Waals surface area (Å²) in [5.74, 6) is 0. The SMILES string of the molecule is CCCN(C1CCC(N)CC1)S(=O)(=O)c1cncc(Br)c1. The van der Waals surface area contributed by atoms with Crippen LogP contribution in [0.4, 0.5) is 0 Å². The second-order valence-corrected chi connectivity index (χ2v) is 8.33. The number of aromatic nitrogens is 1. The first kappa shape index (κ1) is 16.9. The van der Waals surface area contributed by atoms with Crippen molar-refractivity contribution in [1.82, 2.24) is 9.29 Å². The van der Waals surface area contributed by atoms with Crippen molar-refractivity contribution in [3.05, 3.63) is 22.9 Å². The molecule has 2 rings (SSSR count). The highest BCUT2D eigenvalue weighted by Crippen LogP contribution is 2.28. The van der Waals surface area contributed by atoms with E-state index in [1.807, 2.05) is 6.92 Å². The summed E-state index contributed by atoms with van der Waals surface area (Å²) in [6.07, 6.45) is 7.24. The summed E-state index contributed by atoms with van der Waals surface area (Å²) in [5, 5.41) is 0. The van der Waals surface area contributed by atoms with Gasteiger partial charge < -0.3 is 5.73 Å². The predicted molar refractivity (Wildman–Crippen MR) is 86.4 cm³/mol. The van der Waals surface area contributed by atoms with Gasteiger partial charge in [-0.25, -0.2) is 8.42 Å². The van der Waals surface area contributed by atoms with Gasteiger partial charge in [0.2, 0.25) is 10.0 Å². The summed E-state index contributed by atoms with van der Waals surface area (Å²) in [7, 11) is -3.50. The fourth-order valence-electron chi connectivity index (χ4n) is 2.78. The first-order valence-electron chi connectivity index (χ1n) is 7.33. The molecule has 1 fully saturated rings. The molecule has 1 aromatic rings. The molecule has 118 valence electrons. The van der Waals surface area contributed by atoms with Gasteiger partial charge in [0.05, 0.1) is 0 Å². The highest BCUT2D eigenvalue weighted by atomic mass is 79.9. The molecular weight excluding hydrogens is 354 g/mol. The summed E-state index contributed by atoms with van der Waals surface area (Å²) in [4.78, 5) is 4.23. The molecular formula is C14H22BrN3O2S. The highest BCUT2D eigenvalue weighted by Gasteiger charge is 2.33. The Morgan fingerprint density at radius 2 is 2.00 bits per heavy atom. The van der Waals surface area contributed by atoms with Gasteiger partial charge in [-0.1, -0.05) is 6.92 Å². The molecule has 1 aromatic heterocycles. The fourth-order valence-corrected chi connectivity index (χ4v) is 5.06. The number of rotatable bonds is 5. The fraction of sp³-hybridized carbons (Fsp3) is 0.643. The van der Waals surface area contributed by atoms with Crippen molar-refractivity contribution in [2.75, 3.05) is 6.54 Å². The maximum absolute atomic E-state index is 12.9. The smallest absolute Gasteiger partial charge is 0.244 e. The van der Waals surface area contributed by atoms with E-state index in [4.69, 9.17) is 5.73 Å². The molecule has 0 spiro atoms. The number of hydrogen-bond donors (Lipinski definition) is 1. The molecule has 0 radical (unpaired) electrons. The number of nitrogens with zero attached hydrogens (tertiary/aromatic N) is 2. The lowest BCUT2D eigenvalue weighted by Crippen LogP contribution is -2.44. The van der Waals surface area contributed by atoms with Crippen molar-refractivity contribution in [2.45, 2.75) is 56.0 Å². The zero-order valence-corrected chi connectivity index (χ0v) is 14.6. The lowest BCUT2D eigenvalue weighted by Gasteiger charge is -2.35. The summed E-state index contributed by atoms with van der Waals surface area (Å²) in [6.45, 7) is 2.53. The van der Waals surface area contributed by atoms with Crippen LogP contribution >= 0.6 is 15.9 Å². The number of hydrogen-bond acceptors (Lipinski definition) is 4. The van der Waals surface area contributed by atoms with E-state index >= 15 is 0 Å². The Hall–Kier alpha value is -0.500. The second kappa shape index (κ2) is 7.17. The summed E-state index contributed by atoms with van der Waals surface area (Å²) in [6, 6.07) is 1.87. The topological polar surface area (TPSA) is 76.3 Å². The minimum atomic E-state index is -3.50. The van der Waals surface area contributed by atoms with Gasteiger partial charge in [0, 0.05) is 35.5 Å². The van der Waals surface area contributed by atoms with E-state index in [0.29, 0.717) is 11.0 Å². The van der Waals surface area contributed by atoms with Gasteiger partial charge in [0.1, 0.15) is 4.90 Å². The van der Waals surface area contributed by atoms with Crippen LogP contribution in [0.1, 0.15) is 39.0 Å². The summed E-state index contributed by atoms with van der Waals surface area (Å²) < 4.78 is 28.1. The third-order valence-electron chi connectivity index (χ3n) is 3.88. The summed E-state index contributed by atoms with van der Waals surface area (Å²) >= 11 is 3.28. The zero-order valence-electron chi connectivity index (χ0n) is 12.2. The number of pyridine rings is 1. The van der Waals surface area contributed by atoms with E-state index in [1.54, 1.807) is 16.6 Å². The quantitative estimate of drug-likeness (QED) is 0.857. The van der Waals surface area contributed by atoms with E-state index in [1.165, 1.54) is 6.20 Å². The van der Waals surface area contributed by atoms with Crippen LogP contribution in [-0.2, 0) is 10.0 Å². The zero-order chi connectivity index (χ0) is 15.5. The molecule has 2 N–H and O–H groups in total. The van der Waals surface area contributed by atoms with Crippen molar-refractivity contribution in [3.8, 4) is 0 Å². The average Bonchev–Trinajstić information content (AvgIpc) is 2.46. The first-order chi connectivity index (χ1) is 9.95. The van der Waals surface area contributed by atoms with Crippen LogP contribution in [0, 0.1) is 0 Å². The van der Waals surface area contributed by atoms with Crippen LogP contribution < -0.4 is 5.73 Å². The Morgan fingerprint density at radius 3 is 2.57 bits per heavy atom. The van der Waals surface area contributed by atoms with Gasteiger partial charge in [-0.15, -0.1) is 0 Å². The monoisotopic (exact) mass is 375 g/mol. The Kier molecular flexibility index (Phi) is 5.76. The van der Waals surface area contributed by atoms with Crippen LogP contribution in [-0.4, -0.2) is 36.3 Å². The van der Waals surface area contributed by atoms with Gasteiger partial charge in [-0.3, -0.25) is 4.98 Å². The van der Waals surface area contributed by atoms with Crippen LogP contribution in [0.25, 0.3) is 0 Å². The predicted octanol–water partition coefficient (Wildman–Crippen LogP) is 2.51. The van der Waals surface area contributed by atoms with Crippen LogP contribution in [0.3, 0.4) is 0 Å². The lowest BCUT2D eigenvalue weighted by atomic mass is 9.92. The van der Waals surface area contributed by atoms with E-state index in [0.717, 1.165) is 32.1 Å². The van der Waals surface area contributed by atoms with E-state index in [-0.39, 0.29) is 17.0 Å². The van der Waals surface area contributed by atoms with Crippen molar-refractivity contribution >= 4 is 26.0 Å². The summed E-state index contributed by atoms with van der Waals surface area (Å²) in [5.41, 5.74) is 5.93. The molecule has 0 bridgehead atoms. The maximum atomic E-state index is 12.9. The van der Waals surface area contributed by atoms with Crippen molar-refractivity contribution in [1.29, 1.82) is 0 Å². The molecule has 0 atom stereocenters.